The predicted molar refractivity (Wildman–Crippen MR) is 77.5 cm³/mol. The highest BCUT2D eigenvalue weighted by Crippen LogP contribution is 2.25. The third kappa shape index (κ3) is 2.81. The second-order valence-corrected chi connectivity index (χ2v) is 4.36. The minimum Gasteiger partial charge on any atom is -0.497 e. The predicted octanol–water partition coefficient (Wildman–Crippen LogP) is 2.86. The average molecular weight is 280 g/mol. The molecule has 1 aromatic heterocycles. The van der Waals surface area contributed by atoms with E-state index in [0.29, 0.717) is 5.75 Å². The van der Waals surface area contributed by atoms with Crippen molar-refractivity contribution in [2.75, 3.05) is 7.11 Å². The molecule has 0 aliphatic carbocycles. The van der Waals surface area contributed by atoms with Crippen LogP contribution in [-0.4, -0.2) is 23.0 Å². The molecule has 0 saturated carbocycles. The maximum Gasteiger partial charge on any atom is 0.363 e. The van der Waals surface area contributed by atoms with Crippen molar-refractivity contribution in [3.63, 3.8) is 0 Å². The number of aromatic nitrogens is 2. The third-order valence-corrected chi connectivity index (χ3v) is 3.00. The molecule has 0 atom stereocenters. The maximum atomic E-state index is 11.9. The van der Waals surface area contributed by atoms with Gasteiger partial charge in [0, 0.05) is 12.4 Å². The van der Waals surface area contributed by atoms with Crippen molar-refractivity contribution in [1.82, 2.24) is 9.97 Å². The SMILES string of the molecule is COc1ccc2ccc(OC(=O)c3cnccn3)cc2c1. The number of rotatable bonds is 3. The number of esters is 1. The van der Waals surface area contributed by atoms with Gasteiger partial charge in [0.1, 0.15) is 11.5 Å². The summed E-state index contributed by atoms with van der Waals surface area (Å²) < 4.78 is 10.5. The molecule has 3 aromatic rings. The molecule has 1 heterocycles. The molecule has 5 nitrogen and oxygen atoms in total. The molecule has 0 amide bonds. The van der Waals surface area contributed by atoms with E-state index in [2.05, 4.69) is 9.97 Å². The normalized spacial score (nSPS) is 10.3. The highest BCUT2D eigenvalue weighted by molar-refractivity contribution is 5.90. The van der Waals surface area contributed by atoms with E-state index in [1.807, 2.05) is 24.3 Å². The molecular weight excluding hydrogens is 268 g/mol. The lowest BCUT2D eigenvalue weighted by Crippen LogP contribution is -2.10. The molecule has 3 rings (SSSR count). The first-order chi connectivity index (χ1) is 10.3. The highest BCUT2D eigenvalue weighted by Gasteiger charge is 2.10. The Kier molecular flexibility index (Phi) is 3.47. The number of benzene rings is 2. The van der Waals surface area contributed by atoms with Gasteiger partial charge in [-0.15, -0.1) is 0 Å². The van der Waals surface area contributed by atoms with Crippen LogP contribution in [-0.2, 0) is 0 Å². The Balaban J connectivity index is 1.89. The van der Waals surface area contributed by atoms with Gasteiger partial charge in [0.2, 0.25) is 0 Å². The Bertz CT molecular complexity index is 788. The first-order valence-corrected chi connectivity index (χ1v) is 6.32. The molecule has 21 heavy (non-hydrogen) atoms. The summed E-state index contributed by atoms with van der Waals surface area (Å²) in [6.45, 7) is 0. The number of fused-ring (bicyclic) bond motifs is 1. The van der Waals surface area contributed by atoms with E-state index < -0.39 is 5.97 Å². The van der Waals surface area contributed by atoms with E-state index in [1.165, 1.54) is 18.6 Å². The van der Waals surface area contributed by atoms with Gasteiger partial charge in [-0.05, 0) is 35.0 Å². The van der Waals surface area contributed by atoms with Gasteiger partial charge in [-0.25, -0.2) is 9.78 Å². The lowest BCUT2D eigenvalue weighted by molar-refractivity contribution is 0.0728. The van der Waals surface area contributed by atoms with Gasteiger partial charge in [-0.2, -0.15) is 0 Å². The van der Waals surface area contributed by atoms with Crippen LogP contribution in [0.3, 0.4) is 0 Å². The van der Waals surface area contributed by atoms with Gasteiger partial charge in [0.05, 0.1) is 13.3 Å². The van der Waals surface area contributed by atoms with Crippen molar-refractivity contribution < 1.29 is 14.3 Å². The zero-order valence-electron chi connectivity index (χ0n) is 11.3. The largest absolute Gasteiger partial charge is 0.497 e. The van der Waals surface area contributed by atoms with E-state index in [9.17, 15) is 4.79 Å². The summed E-state index contributed by atoms with van der Waals surface area (Å²) in [5.41, 5.74) is 0.170. The molecule has 0 aliphatic rings. The monoisotopic (exact) mass is 280 g/mol. The molecule has 104 valence electrons. The highest BCUT2D eigenvalue weighted by atomic mass is 16.5. The van der Waals surface area contributed by atoms with Gasteiger partial charge in [-0.1, -0.05) is 12.1 Å². The van der Waals surface area contributed by atoms with Gasteiger partial charge >= 0.3 is 5.97 Å². The fraction of sp³-hybridized carbons (Fsp3) is 0.0625. The van der Waals surface area contributed by atoms with Crippen LogP contribution in [0.4, 0.5) is 0 Å². The Hall–Kier alpha value is -2.95. The second kappa shape index (κ2) is 5.58. The summed E-state index contributed by atoms with van der Waals surface area (Å²) in [4.78, 5) is 19.7. The summed E-state index contributed by atoms with van der Waals surface area (Å²) in [5, 5.41) is 1.97. The molecule has 5 heteroatoms. The maximum absolute atomic E-state index is 11.9. The minimum atomic E-state index is -0.537. The number of ether oxygens (including phenoxy) is 2. The molecule has 0 N–H and O–H groups in total. The molecule has 0 aliphatic heterocycles. The van der Waals surface area contributed by atoms with Crippen LogP contribution < -0.4 is 9.47 Å². The summed E-state index contributed by atoms with van der Waals surface area (Å²) in [5.74, 6) is 0.664. The second-order valence-electron chi connectivity index (χ2n) is 4.36. The molecule has 2 aromatic carbocycles. The zero-order chi connectivity index (χ0) is 14.7. The Morgan fingerprint density at radius 1 is 1.00 bits per heavy atom. The van der Waals surface area contributed by atoms with E-state index in [4.69, 9.17) is 9.47 Å². The fourth-order valence-corrected chi connectivity index (χ4v) is 1.96. The first kappa shape index (κ1) is 13.1. The number of hydrogen-bond donors (Lipinski definition) is 0. The van der Waals surface area contributed by atoms with Crippen LogP contribution in [0.25, 0.3) is 10.8 Å². The lowest BCUT2D eigenvalue weighted by atomic mass is 10.1. The van der Waals surface area contributed by atoms with Crippen LogP contribution >= 0.6 is 0 Å². The molecule has 0 spiro atoms. The van der Waals surface area contributed by atoms with Crippen LogP contribution in [0.15, 0.2) is 55.0 Å². The summed E-state index contributed by atoms with van der Waals surface area (Å²) in [6.07, 6.45) is 4.31. The van der Waals surface area contributed by atoms with Gasteiger partial charge in [0.25, 0.3) is 0 Å². The van der Waals surface area contributed by atoms with Gasteiger partial charge < -0.3 is 9.47 Å². The van der Waals surface area contributed by atoms with E-state index in [-0.39, 0.29) is 5.69 Å². The minimum absolute atomic E-state index is 0.170. The first-order valence-electron chi connectivity index (χ1n) is 6.32. The van der Waals surface area contributed by atoms with Crippen LogP contribution in [0.5, 0.6) is 11.5 Å². The smallest absolute Gasteiger partial charge is 0.363 e. The van der Waals surface area contributed by atoms with Crippen molar-refractivity contribution in [2.24, 2.45) is 0 Å². The van der Waals surface area contributed by atoms with Crippen LogP contribution in [0.2, 0.25) is 0 Å². The van der Waals surface area contributed by atoms with Crippen molar-refractivity contribution in [3.05, 3.63) is 60.7 Å². The quantitative estimate of drug-likeness (QED) is 0.545. The Labute approximate surface area is 121 Å². The number of nitrogens with zero attached hydrogens (tertiary/aromatic N) is 2. The van der Waals surface area contributed by atoms with Crippen molar-refractivity contribution in [1.29, 1.82) is 0 Å². The van der Waals surface area contributed by atoms with E-state index in [1.54, 1.807) is 19.2 Å². The number of carbonyl (C=O) groups is 1. The van der Waals surface area contributed by atoms with Crippen molar-refractivity contribution in [2.45, 2.75) is 0 Å². The van der Waals surface area contributed by atoms with Gasteiger partial charge in [-0.3, -0.25) is 4.98 Å². The molecule has 0 saturated heterocycles. The van der Waals surface area contributed by atoms with Crippen LogP contribution in [0, 0.1) is 0 Å². The summed E-state index contributed by atoms with van der Waals surface area (Å²) >= 11 is 0. The average Bonchev–Trinajstić information content (AvgIpc) is 2.55. The van der Waals surface area contributed by atoms with Crippen molar-refractivity contribution in [3.8, 4) is 11.5 Å². The van der Waals surface area contributed by atoms with E-state index in [0.717, 1.165) is 16.5 Å². The standard InChI is InChI=1S/C16H12N2O3/c1-20-13-4-2-11-3-5-14(9-12(11)8-13)21-16(19)15-10-17-6-7-18-15/h2-10H,1H3. The fourth-order valence-electron chi connectivity index (χ4n) is 1.96. The van der Waals surface area contributed by atoms with E-state index >= 15 is 0 Å². The third-order valence-electron chi connectivity index (χ3n) is 3.00. The molecule has 0 unspecified atom stereocenters. The number of methoxy groups -OCH3 is 1. The molecule has 0 bridgehead atoms. The number of hydrogen-bond acceptors (Lipinski definition) is 5. The lowest BCUT2D eigenvalue weighted by Gasteiger charge is -2.06. The summed E-state index contributed by atoms with van der Waals surface area (Å²) in [6, 6.07) is 11.1. The number of carbonyl (C=O) groups excluding carboxylic acids is 1. The van der Waals surface area contributed by atoms with Crippen molar-refractivity contribution >= 4 is 16.7 Å². The Morgan fingerprint density at radius 3 is 2.48 bits per heavy atom. The molecule has 0 fully saturated rings. The molecular formula is C16H12N2O3. The zero-order valence-corrected chi connectivity index (χ0v) is 11.3. The van der Waals surface area contributed by atoms with Gasteiger partial charge in [0.15, 0.2) is 5.69 Å². The molecule has 0 radical (unpaired) electrons. The Morgan fingerprint density at radius 2 is 1.76 bits per heavy atom. The van der Waals surface area contributed by atoms with Crippen LogP contribution in [0.1, 0.15) is 10.5 Å². The topological polar surface area (TPSA) is 61.3 Å². The summed E-state index contributed by atoms with van der Waals surface area (Å²) in [7, 11) is 1.61.